The summed E-state index contributed by atoms with van der Waals surface area (Å²) in [6.07, 6.45) is 2.23. The molecule has 19 heavy (non-hydrogen) atoms. The summed E-state index contributed by atoms with van der Waals surface area (Å²) in [5.74, 6) is 0.509. The third-order valence-electron chi connectivity index (χ3n) is 3.45. The lowest BCUT2D eigenvalue weighted by molar-refractivity contribution is 0.411. The zero-order chi connectivity index (χ0) is 14.0. The van der Waals surface area contributed by atoms with Gasteiger partial charge in [0, 0.05) is 13.1 Å². The smallest absolute Gasteiger partial charge is 0.207 e. The van der Waals surface area contributed by atoms with Crippen LogP contribution >= 0.6 is 0 Å². The van der Waals surface area contributed by atoms with Gasteiger partial charge in [-0.3, -0.25) is 0 Å². The number of nitrogens with zero attached hydrogens (tertiary/aromatic N) is 2. The maximum atomic E-state index is 12.6. The van der Waals surface area contributed by atoms with Crippen molar-refractivity contribution in [2.45, 2.75) is 31.6 Å². The van der Waals surface area contributed by atoms with E-state index in [-0.39, 0.29) is 4.90 Å². The monoisotopic (exact) mass is 278 g/mol. The summed E-state index contributed by atoms with van der Waals surface area (Å²) >= 11 is 0. The molecule has 0 spiro atoms. The molecule has 1 fully saturated rings. The number of aryl methyl sites for hydroxylation is 1. The van der Waals surface area contributed by atoms with E-state index < -0.39 is 10.0 Å². The highest BCUT2D eigenvalue weighted by molar-refractivity contribution is 7.89. The number of benzene rings is 1. The molecule has 0 unspecified atom stereocenters. The summed E-state index contributed by atoms with van der Waals surface area (Å²) in [6.45, 7) is 4.67. The lowest BCUT2D eigenvalue weighted by atomic mass is 10.2. The molecule has 1 saturated carbocycles. The van der Waals surface area contributed by atoms with E-state index in [4.69, 9.17) is 5.26 Å². The van der Waals surface area contributed by atoms with E-state index in [9.17, 15) is 8.42 Å². The van der Waals surface area contributed by atoms with E-state index in [0.29, 0.717) is 30.1 Å². The van der Waals surface area contributed by atoms with Gasteiger partial charge in [-0.15, -0.1) is 0 Å². The lowest BCUT2D eigenvalue weighted by Gasteiger charge is -2.21. The molecule has 0 saturated heterocycles. The average Bonchev–Trinajstić information content (AvgIpc) is 3.20. The van der Waals surface area contributed by atoms with Gasteiger partial charge >= 0.3 is 0 Å². The second-order valence-corrected chi connectivity index (χ2v) is 6.90. The van der Waals surface area contributed by atoms with Crippen molar-refractivity contribution in [2.24, 2.45) is 5.92 Å². The van der Waals surface area contributed by atoms with E-state index >= 15 is 0 Å². The molecule has 0 radical (unpaired) electrons. The van der Waals surface area contributed by atoms with Crippen molar-refractivity contribution in [3.63, 3.8) is 0 Å². The van der Waals surface area contributed by atoms with Crippen LogP contribution in [-0.2, 0) is 10.0 Å². The Balaban J connectivity index is 2.39. The molecule has 102 valence electrons. The van der Waals surface area contributed by atoms with Gasteiger partial charge in [-0.25, -0.2) is 8.42 Å². The van der Waals surface area contributed by atoms with E-state index in [2.05, 4.69) is 0 Å². The van der Waals surface area contributed by atoms with Crippen LogP contribution in [0.25, 0.3) is 0 Å². The highest BCUT2D eigenvalue weighted by Crippen LogP contribution is 2.32. The van der Waals surface area contributed by atoms with Gasteiger partial charge in [0.15, 0.2) is 0 Å². The van der Waals surface area contributed by atoms with Crippen LogP contribution in [0.3, 0.4) is 0 Å². The lowest BCUT2D eigenvalue weighted by Crippen LogP contribution is -2.33. The minimum Gasteiger partial charge on any atom is -0.207 e. The third-order valence-corrected chi connectivity index (χ3v) is 5.53. The second kappa shape index (κ2) is 5.32. The predicted octanol–water partition coefficient (Wildman–Crippen LogP) is 2.29. The Morgan fingerprint density at radius 2 is 2.11 bits per heavy atom. The maximum absolute atomic E-state index is 12.6. The van der Waals surface area contributed by atoms with Crippen molar-refractivity contribution in [1.29, 1.82) is 5.26 Å². The maximum Gasteiger partial charge on any atom is 0.243 e. The molecule has 1 aliphatic carbocycles. The van der Waals surface area contributed by atoms with Gasteiger partial charge in [0.05, 0.1) is 16.5 Å². The molecule has 0 bridgehead atoms. The number of rotatable bonds is 5. The number of hydrogen-bond acceptors (Lipinski definition) is 3. The Morgan fingerprint density at radius 3 is 2.63 bits per heavy atom. The molecule has 4 nitrogen and oxygen atoms in total. The van der Waals surface area contributed by atoms with Crippen LogP contribution in [0.1, 0.15) is 30.9 Å². The summed E-state index contributed by atoms with van der Waals surface area (Å²) in [6, 6.07) is 6.80. The van der Waals surface area contributed by atoms with Gasteiger partial charge < -0.3 is 0 Å². The Bertz CT molecular complexity index is 613. The Morgan fingerprint density at radius 1 is 1.42 bits per heavy atom. The molecule has 0 amide bonds. The van der Waals surface area contributed by atoms with Crippen LogP contribution in [0, 0.1) is 24.2 Å². The van der Waals surface area contributed by atoms with Crippen molar-refractivity contribution < 1.29 is 8.42 Å². The van der Waals surface area contributed by atoms with Crippen LogP contribution in [0.2, 0.25) is 0 Å². The first-order valence-corrected chi connectivity index (χ1v) is 7.94. The quantitative estimate of drug-likeness (QED) is 0.830. The van der Waals surface area contributed by atoms with E-state index in [1.807, 2.05) is 13.0 Å². The fourth-order valence-electron chi connectivity index (χ4n) is 2.07. The molecule has 5 heteroatoms. The second-order valence-electron chi connectivity index (χ2n) is 4.99. The van der Waals surface area contributed by atoms with Crippen LogP contribution in [-0.4, -0.2) is 25.8 Å². The number of nitriles is 1. The van der Waals surface area contributed by atoms with Crippen LogP contribution in [0.4, 0.5) is 0 Å². The van der Waals surface area contributed by atoms with Gasteiger partial charge in [0.25, 0.3) is 0 Å². The van der Waals surface area contributed by atoms with Crippen LogP contribution < -0.4 is 0 Å². The Hall–Kier alpha value is -1.38. The van der Waals surface area contributed by atoms with Gasteiger partial charge in [0.1, 0.15) is 0 Å². The number of hydrogen-bond donors (Lipinski definition) is 0. The van der Waals surface area contributed by atoms with Gasteiger partial charge in [-0.1, -0.05) is 13.0 Å². The first kappa shape index (κ1) is 14.0. The molecule has 0 aromatic heterocycles. The number of sulfonamides is 1. The molecule has 0 N–H and O–H groups in total. The van der Waals surface area contributed by atoms with E-state index in [1.165, 1.54) is 10.4 Å². The topological polar surface area (TPSA) is 61.2 Å². The van der Waals surface area contributed by atoms with Gasteiger partial charge in [-0.2, -0.15) is 9.57 Å². The van der Waals surface area contributed by atoms with Crippen molar-refractivity contribution in [3.05, 3.63) is 29.3 Å². The largest absolute Gasteiger partial charge is 0.243 e. The Labute approximate surface area is 114 Å². The van der Waals surface area contributed by atoms with Crippen LogP contribution in [0.15, 0.2) is 23.1 Å². The molecule has 0 heterocycles. The molecule has 0 atom stereocenters. The predicted molar refractivity (Wildman–Crippen MR) is 73.1 cm³/mol. The first-order valence-electron chi connectivity index (χ1n) is 6.50. The van der Waals surface area contributed by atoms with Crippen molar-refractivity contribution in [1.82, 2.24) is 4.31 Å². The average molecular weight is 278 g/mol. The van der Waals surface area contributed by atoms with Crippen molar-refractivity contribution in [2.75, 3.05) is 13.1 Å². The van der Waals surface area contributed by atoms with Crippen molar-refractivity contribution >= 4 is 10.0 Å². The molecule has 1 aromatic carbocycles. The third kappa shape index (κ3) is 2.96. The zero-order valence-electron chi connectivity index (χ0n) is 11.3. The Kier molecular flexibility index (Phi) is 3.93. The summed E-state index contributed by atoms with van der Waals surface area (Å²) < 4.78 is 26.8. The van der Waals surface area contributed by atoms with Crippen LogP contribution in [0.5, 0.6) is 0 Å². The SMILES string of the molecule is CCN(CC1CC1)S(=O)(=O)c1cc(C#N)ccc1C. The molecular formula is C14H18N2O2S. The standard InChI is InChI=1S/C14H18N2O2S/c1-3-16(10-12-6-7-12)19(17,18)14-8-13(9-15)5-4-11(14)2/h4-5,8,12H,3,6-7,10H2,1-2H3. The first-order chi connectivity index (χ1) is 8.98. The van der Waals surface area contributed by atoms with Gasteiger partial charge in [-0.05, 0) is 43.4 Å². The van der Waals surface area contributed by atoms with E-state index in [1.54, 1.807) is 19.1 Å². The highest BCUT2D eigenvalue weighted by atomic mass is 32.2. The minimum atomic E-state index is -3.49. The zero-order valence-corrected chi connectivity index (χ0v) is 12.1. The summed E-state index contributed by atoms with van der Waals surface area (Å²) in [5, 5.41) is 8.91. The van der Waals surface area contributed by atoms with Crippen molar-refractivity contribution in [3.8, 4) is 6.07 Å². The van der Waals surface area contributed by atoms with Gasteiger partial charge in [0.2, 0.25) is 10.0 Å². The summed E-state index contributed by atoms with van der Waals surface area (Å²) in [7, 11) is -3.49. The molecule has 0 aliphatic heterocycles. The molecule has 1 aliphatic rings. The fraction of sp³-hybridized carbons (Fsp3) is 0.500. The summed E-state index contributed by atoms with van der Waals surface area (Å²) in [4.78, 5) is 0.258. The fourth-order valence-corrected chi connectivity index (χ4v) is 3.85. The molecule has 1 aromatic rings. The highest BCUT2D eigenvalue weighted by Gasteiger charge is 2.31. The minimum absolute atomic E-state index is 0.258. The molecule has 2 rings (SSSR count). The van der Waals surface area contributed by atoms with E-state index in [0.717, 1.165) is 12.8 Å². The normalized spacial score (nSPS) is 15.5. The molecular weight excluding hydrogens is 260 g/mol. The summed E-state index contributed by atoms with van der Waals surface area (Å²) in [5.41, 5.74) is 1.07.